The summed E-state index contributed by atoms with van der Waals surface area (Å²) in [5.41, 5.74) is 4.01. The van der Waals surface area contributed by atoms with Crippen LogP contribution in [0.4, 0.5) is 4.79 Å². The van der Waals surface area contributed by atoms with Crippen LogP contribution < -0.4 is 0 Å². The molecule has 164 valence electrons. The van der Waals surface area contributed by atoms with Gasteiger partial charge in [0.1, 0.15) is 5.69 Å². The first-order chi connectivity index (χ1) is 15.5. The molecule has 1 aromatic carbocycles. The average Bonchev–Trinajstić information content (AvgIpc) is 3.46. The third-order valence-corrected chi connectivity index (χ3v) is 6.12. The molecular weight excluding hydrogens is 402 g/mol. The molecule has 2 amide bonds. The molecule has 1 aliphatic carbocycles. The number of benzene rings is 1. The number of amides is 2. The summed E-state index contributed by atoms with van der Waals surface area (Å²) < 4.78 is 3.86. The van der Waals surface area contributed by atoms with Crippen molar-refractivity contribution in [1.82, 2.24) is 23.9 Å². The molecule has 7 nitrogen and oxygen atoms in total. The van der Waals surface area contributed by atoms with E-state index in [0.717, 1.165) is 34.2 Å². The highest BCUT2D eigenvalue weighted by molar-refractivity contribution is 6.14. The number of para-hydroxylation sites is 1. The van der Waals surface area contributed by atoms with E-state index in [0.29, 0.717) is 18.2 Å². The van der Waals surface area contributed by atoms with E-state index in [4.69, 9.17) is 0 Å². The number of fused-ring (bicyclic) bond motifs is 3. The van der Waals surface area contributed by atoms with Gasteiger partial charge in [0.05, 0.1) is 28.8 Å². The van der Waals surface area contributed by atoms with E-state index in [1.54, 1.807) is 36.8 Å². The molecule has 0 atom stereocenters. The molecule has 5 rings (SSSR count). The average molecular weight is 430 g/mol. The van der Waals surface area contributed by atoms with Crippen molar-refractivity contribution in [3.8, 4) is 0 Å². The Morgan fingerprint density at radius 3 is 2.47 bits per heavy atom. The number of nitrogens with zero attached hydrogens (tertiary/aromatic N) is 5. The number of carbonyl (C=O) groups excluding carboxylic acids is 2. The fourth-order valence-electron chi connectivity index (χ4n) is 4.31. The Hall–Kier alpha value is -3.61. The Morgan fingerprint density at radius 2 is 1.78 bits per heavy atom. The van der Waals surface area contributed by atoms with Crippen LogP contribution in [-0.2, 0) is 13.1 Å². The van der Waals surface area contributed by atoms with Crippen molar-refractivity contribution < 1.29 is 9.59 Å². The van der Waals surface area contributed by atoms with Gasteiger partial charge in [-0.1, -0.05) is 24.3 Å². The fraction of sp³-hybridized carbons (Fsp3) is 0.320. The second kappa shape index (κ2) is 7.82. The van der Waals surface area contributed by atoms with Crippen LogP contribution in [0.1, 0.15) is 29.0 Å². The van der Waals surface area contributed by atoms with Crippen molar-refractivity contribution in [1.29, 1.82) is 0 Å². The van der Waals surface area contributed by atoms with E-state index in [2.05, 4.69) is 15.6 Å². The van der Waals surface area contributed by atoms with Crippen molar-refractivity contribution in [3.05, 3.63) is 66.1 Å². The van der Waals surface area contributed by atoms with Gasteiger partial charge in [-0.3, -0.25) is 14.3 Å². The SMILES string of the molecule is CN(C)C(=O)n1c(C(=O)N(C)Cc2ccccn2)cc2c1c1ccccc1n2CC1CC1. The maximum atomic E-state index is 13.5. The van der Waals surface area contributed by atoms with Crippen LogP contribution in [0.15, 0.2) is 54.7 Å². The van der Waals surface area contributed by atoms with Gasteiger partial charge in [-0.25, -0.2) is 4.79 Å². The van der Waals surface area contributed by atoms with E-state index in [-0.39, 0.29) is 11.9 Å². The third-order valence-electron chi connectivity index (χ3n) is 6.12. The lowest BCUT2D eigenvalue weighted by atomic mass is 10.2. The fourth-order valence-corrected chi connectivity index (χ4v) is 4.31. The van der Waals surface area contributed by atoms with E-state index < -0.39 is 0 Å². The molecule has 3 aromatic heterocycles. The predicted molar refractivity (Wildman–Crippen MR) is 125 cm³/mol. The standard InChI is InChI=1S/C25H27N5O2/c1-27(2)25(32)30-22(24(31)28(3)16-18-8-6-7-13-26-18)14-21-23(30)19-9-4-5-10-20(19)29(21)15-17-11-12-17/h4-10,13-14,17H,11-12,15-16H2,1-3H3. The molecule has 0 bridgehead atoms. The quantitative estimate of drug-likeness (QED) is 0.478. The lowest BCUT2D eigenvalue weighted by Crippen LogP contribution is -2.34. The molecule has 0 saturated heterocycles. The van der Waals surface area contributed by atoms with Crippen LogP contribution >= 0.6 is 0 Å². The third kappa shape index (κ3) is 3.43. The largest absolute Gasteiger partial charge is 0.339 e. The van der Waals surface area contributed by atoms with Gasteiger partial charge in [-0.15, -0.1) is 0 Å². The zero-order chi connectivity index (χ0) is 22.4. The number of rotatable bonds is 5. The molecule has 3 heterocycles. The lowest BCUT2D eigenvalue weighted by Gasteiger charge is -2.19. The Kier molecular flexibility index (Phi) is 4.96. The van der Waals surface area contributed by atoms with Gasteiger partial charge < -0.3 is 14.4 Å². The molecule has 0 aliphatic heterocycles. The number of pyridine rings is 1. The summed E-state index contributed by atoms with van der Waals surface area (Å²) in [5, 5.41) is 0.991. The van der Waals surface area contributed by atoms with Crippen molar-refractivity contribution >= 4 is 33.9 Å². The summed E-state index contributed by atoms with van der Waals surface area (Å²) in [7, 11) is 5.17. The van der Waals surface area contributed by atoms with Crippen molar-refractivity contribution in [2.45, 2.75) is 25.9 Å². The second-order valence-electron chi connectivity index (χ2n) is 8.83. The Morgan fingerprint density at radius 1 is 1.03 bits per heavy atom. The van der Waals surface area contributed by atoms with Crippen LogP contribution in [0.3, 0.4) is 0 Å². The van der Waals surface area contributed by atoms with Crippen molar-refractivity contribution in [2.24, 2.45) is 5.92 Å². The van der Waals surface area contributed by atoms with E-state index in [1.807, 2.05) is 42.5 Å². The molecule has 1 aliphatic rings. The van der Waals surface area contributed by atoms with Crippen LogP contribution in [0.2, 0.25) is 0 Å². The zero-order valence-electron chi connectivity index (χ0n) is 18.7. The molecule has 0 unspecified atom stereocenters. The van der Waals surface area contributed by atoms with E-state index in [1.165, 1.54) is 17.7 Å². The Bertz CT molecular complexity index is 1310. The molecular formula is C25H27N5O2. The summed E-state index contributed by atoms with van der Waals surface area (Å²) in [6, 6.07) is 15.4. The summed E-state index contributed by atoms with van der Waals surface area (Å²) in [5.74, 6) is 0.456. The van der Waals surface area contributed by atoms with Gasteiger partial charge in [0.2, 0.25) is 0 Å². The first-order valence-electron chi connectivity index (χ1n) is 11.0. The molecule has 1 saturated carbocycles. The lowest BCUT2D eigenvalue weighted by molar-refractivity contribution is 0.0774. The normalized spacial score (nSPS) is 13.6. The van der Waals surface area contributed by atoms with E-state index >= 15 is 0 Å². The molecule has 0 N–H and O–H groups in total. The molecule has 4 aromatic rings. The summed E-state index contributed by atoms with van der Waals surface area (Å²) in [6.07, 6.45) is 4.17. The summed E-state index contributed by atoms with van der Waals surface area (Å²) >= 11 is 0. The number of hydrogen-bond donors (Lipinski definition) is 0. The van der Waals surface area contributed by atoms with Gasteiger partial charge in [-0.05, 0) is 43.0 Å². The predicted octanol–water partition coefficient (Wildman–Crippen LogP) is 4.20. The van der Waals surface area contributed by atoms with Gasteiger partial charge in [0.15, 0.2) is 0 Å². The zero-order valence-corrected chi connectivity index (χ0v) is 18.7. The van der Waals surface area contributed by atoms with E-state index in [9.17, 15) is 9.59 Å². The molecule has 0 spiro atoms. The second-order valence-corrected chi connectivity index (χ2v) is 8.83. The Balaban J connectivity index is 1.67. The van der Waals surface area contributed by atoms with Gasteiger partial charge >= 0.3 is 6.03 Å². The number of aromatic nitrogens is 3. The first-order valence-corrected chi connectivity index (χ1v) is 11.0. The number of carbonyl (C=O) groups is 2. The molecule has 1 fully saturated rings. The van der Waals surface area contributed by atoms with Crippen LogP contribution in [0.25, 0.3) is 21.9 Å². The van der Waals surface area contributed by atoms with Gasteiger partial charge in [0.25, 0.3) is 5.91 Å². The molecule has 7 heteroatoms. The highest BCUT2D eigenvalue weighted by atomic mass is 16.2. The minimum Gasteiger partial charge on any atom is -0.339 e. The number of hydrogen-bond acceptors (Lipinski definition) is 3. The maximum Gasteiger partial charge on any atom is 0.328 e. The highest BCUT2D eigenvalue weighted by Crippen LogP contribution is 2.37. The first kappa shape index (κ1) is 20.3. The van der Waals surface area contributed by atoms with Crippen molar-refractivity contribution in [3.63, 3.8) is 0 Å². The van der Waals surface area contributed by atoms with Gasteiger partial charge in [0, 0.05) is 39.3 Å². The molecule has 0 radical (unpaired) electrons. The van der Waals surface area contributed by atoms with Crippen LogP contribution in [0.5, 0.6) is 0 Å². The minimum atomic E-state index is -0.232. The summed E-state index contributed by atoms with van der Waals surface area (Å²) in [6.45, 7) is 1.27. The monoisotopic (exact) mass is 429 g/mol. The van der Waals surface area contributed by atoms with Crippen LogP contribution in [0, 0.1) is 5.92 Å². The minimum absolute atomic E-state index is 0.205. The van der Waals surface area contributed by atoms with Crippen LogP contribution in [-0.4, -0.2) is 57.0 Å². The molecule has 32 heavy (non-hydrogen) atoms. The maximum absolute atomic E-state index is 13.5. The van der Waals surface area contributed by atoms with Crippen molar-refractivity contribution in [2.75, 3.05) is 21.1 Å². The highest BCUT2D eigenvalue weighted by Gasteiger charge is 2.30. The smallest absolute Gasteiger partial charge is 0.328 e. The topological polar surface area (TPSA) is 63.4 Å². The summed E-state index contributed by atoms with van der Waals surface area (Å²) in [4.78, 5) is 34.3. The van der Waals surface area contributed by atoms with Gasteiger partial charge in [-0.2, -0.15) is 0 Å². The Labute approximate surface area is 186 Å².